The lowest BCUT2D eigenvalue weighted by atomic mass is 10.3. The standard InChI is InChI=1S/C6H10O3.C6H6O2.C4H6O2/c1(5-3-8-5)7-2-6-4-9-6;7-5-2-1-3-6(8)4-5;1-3(2)4(5)6/h5-6H,1-4H2;1-4,7-8H;1H2,2H3,(H,5,6). The number of phenolic OH excluding ortho intramolecular Hbond substituents is 2. The number of carbonyl (C=O) groups is 1. The second-order valence-electron chi connectivity index (χ2n) is 5.05. The quantitative estimate of drug-likeness (QED) is 0.556. The number of carboxylic acid groups (broad SMARTS) is 1. The molecule has 2 atom stereocenters. The van der Waals surface area contributed by atoms with Gasteiger partial charge in [0.05, 0.1) is 26.4 Å². The van der Waals surface area contributed by atoms with E-state index in [0.717, 1.165) is 26.4 Å². The van der Waals surface area contributed by atoms with E-state index in [9.17, 15) is 4.79 Å². The first-order chi connectivity index (χ1) is 10.9. The van der Waals surface area contributed by atoms with Gasteiger partial charge in [-0.05, 0) is 19.1 Å². The molecule has 0 bridgehead atoms. The number of benzene rings is 1. The van der Waals surface area contributed by atoms with Crippen LogP contribution in [0.4, 0.5) is 0 Å². The maximum Gasteiger partial charge on any atom is 0.330 e. The monoisotopic (exact) mass is 326 g/mol. The fraction of sp³-hybridized carbons (Fsp3) is 0.438. The van der Waals surface area contributed by atoms with Crippen LogP contribution in [0.15, 0.2) is 36.4 Å². The van der Waals surface area contributed by atoms with Gasteiger partial charge in [0, 0.05) is 11.6 Å². The van der Waals surface area contributed by atoms with Crippen molar-refractivity contribution in [1.82, 2.24) is 0 Å². The largest absolute Gasteiger partial charge is 0.508 e. The molecule has 0 aromatic heterocycles. The summed E-state index contributed by atoms with van der Waals surface area (Å²) in [6.07, 6.45) is 0.785. The fourth-order valence-electron chi connectivity index (χ4n) is 1.15. The Morgan fingerprint density at radius 1 is 1.22 bits per heavy atom. The van der Waals surface area contributed by atoms with Crippen LogP contribution in [0.5, 0.6) is 11.5 Å². The molecule has 3 rings (SSSR count). The SMILES string of the molecule is C(OCC1CO1)C1CO1.C=C(C)C(=O)O.Oc1cccc(O)c1. The van der Waals surface area contributed by atoms with E-state index in [0.29, 0.717) is 12.2 Å². The van der Waals surface area contributed by atoms with E-state index in [4.69, 9.17) is 29.5 Å². The molecule has 3 N–H and O–H groups in total. The summed E-state index contributed by atoms with van der Waals surface area (Å²) in [5, 5.41) is 25.2. The summed E-state index contributed by atoms with van der Waals surface area (Å²) in [5.41, 5.74) is 0.176. The molecule has 128 valence electrons. The van der Waals surface area contributed by atoms with Crippen LogP contribution in [0.2, 0.25) is 0 Å². The van der Waals surface area contributed by atoms with Crippen molar-refractivity contribution in [2.45, 2.75) is 19.1 Å². The zero-order valence-corrected chi connectivity index (χ0v) is 13.0. The number of ether oxygens (including phenoxy) is 3. The minimum Gasteiger partial charge on any atom is -0.508 e. The molecule has 2 fully saturated rings. The van der Waals surface area contributed by atoms with E-state index in [1.807, 2.05) is 0 Å². The fourth-order valence-corrected chi connectivity index (χ4v) is 1.15. The lowest BCUT2D eigenvalue weighted by Crippen LogP contribution is -2.06. The van der Waals surface area contributed by atoms with Crippen LogP contribution < -0.4 is 0 Å². The minimum atomic E-state index is -0.935. The van der Waals surface area contributed by atoms with Crippen LogP contribution in [0.1, 0.15) is 6.92 Å². The number of hydrogen-bond donors (Lipinski definition) is 3. The minimum absolute atomic E-state index is 0.0880. The van der Waals surface area contributed by atoms with E-state index in [-0.39, 0.29) is 17.1 Å². The average molecular weight is 326 g/mol. The van der Waals surface area contributed by atoms with Gasteiger partial charge in [-0.2, -0.15) is 0 Å². The average Bonchev–Trinajstić information content (AvgIpc) is 3.35. The van der Waals surface area contributed by atoms with Crippen molar-refractivity contribution in [1.29, 1.82) is 0 Å². The van der Waals surface area contributed by atoms with Crippen LogP contribution in [0.3, 0.4) is 0 Å². The first-order valence-electron chi connectivity index (χ1n) is 7.06. The van der Waals surface area contributed by atoms with Gasteiger partial charge in [0.15, 0.2) is 0 Å². The third-order valence-corrected chi connectivity index (χ3v) is 2.61. The Kier molecular flexibility index (Phi) is 8.10. The summed E-state index contributed by atoms with van der Waals surface area (Å²) in [6.45, 7) is 7.86. The summed E-state index contributed by atoms with van der Waals surface area (Å²) >= 11 is 0. The van der Waals surface area contributed by atoms with Crippen molar-refractivity contribution in [2.75, 3.05) is 26.4 Å². The molecule has 2 heterocycles. The van der Waals surface area contributed by atoms with E-state index in [1.165, 1.54) is 25.1 Å². The Labute approximate surface area is 134 Å². The number of rotatable bonds is 5. The summed E-state index contributed by atoms with van der Waals surface area (Å²) in [5.74, 6) is -0.759. The summed E-state index contributed by atoms with van der Waals surface area (Å²) in [6, 6.07) is 5.85. The van der Waals surface area contributed by atoms with Crippen molar-refractivity contribution in [3.63, 3.8) is 0 Å². The van der Waals surface area contributed by atoms with E-state index in [2.05, 4.69) is 6.58 Å². The number of aromatic hydroxyl groups is 2. The number of epoxide rings is 2. The third kappa shape index (κ3) is 11.2. The Balaban J connectivity index is 0.000000177. The molecule has 2 unspecified atom stereocenters. The number of aliphatic carboxylic acids is 1. The molecule has 2 aliphatic heterocycles. The topological polar surface area (TPSA) is 112 Å². The highest BCUT2D eigenvalue weighted by Gasteiger charge is 2.26. The van der Waals surface area contributed by atoms with Gasteiger partial charge in [-0.1, -0.05) is 12.6 Å². The number of hydrogen-bond acceptors (Lipinski definition) is 6. The lowest BCUT2D eigenvalue weighted by molar-refractivity contribution is -0.132. The van der Waals surface area contributed by atoms with E-state index in [1.54, 1.807) is 6.07 Å². The van der Waals surface area contributed by atoms with Crippen molar-refractivity contribution in [3.05, 3.63) is 36.4 Å². The van der Waals surface area contributed by atoms with E-state index >= 15 is 0 Å². The second kappa shape index (κ2) is 9.83. The van der Waals surface area contributed by atoms with Crippen molar-refractivity contribution < 1.29 is 34.3 Å². The van der Waals surface area contributed by atoms with Gasteiger partial charge in [0.25, 0.3) is 0 Å². The molecule has 0 radical (unpaired) electrons. The summed E-state index contributed by atoms with van der Waals surface area (Å²) in [4.78, 5) is 9.60. The highest BCUT2D eigenvalue weighted by Crippen LogP contribution is 2.15. The highest BCUT2D eigenvalue weighted by molar-refractivity contribution is 5.84. The third-order valence-electron chi connectivity index (χ3n) is 2.61. The van der Waals surface area contributed by atoms with Crippen molar-refractivity contribution in [2.24, 2.45) is 0 Å². The maximum atomic E-state index is 9.60. The maximum absolute atomic E-state index is 9.60. The lowest BCUT2D eigenvalue weighted by Gasteiger charge is -1.95. The van der Waals surface area contributed by atoms with Crippen LogP contribution in [-0.4, -0.2) is 59.9 Å². The van der Waals surface area contributed by atoms with Gasteiger partial charge in [0.1, 0.15) is 23.7 Å². The van der Waals surface area contributed by atoms with Crippen molar-refractivity contribution >= 4 is 5.97 Å². The van der Waals surface area contributed by atoms with Crippen LogP contribution in [-0.2, 0) is 19.0 Å². The molecule has 7 nitrogen and oxygen atoms in total. The molecule has 0 saturated carbocycles. The predicted molar refractivity (Wildman–Crippen MR) is 82.5 cm³/mol. The highest BCUT2D eigenvalue weighted by atomic mass is 16.6. The Morgan fingerprint density at radius 2 is 1.61 bits per heavy atom. The Morgan fingerprint density at radius 3 is 1.83 bits per heavy atom. The van der Waals surface area contributed by atoms with Crippen LogP contribution >= 0.6 is 0 Å². The zero-order chi connectivity index (χ0) is 17.2. The molecule has 7 heteroatoms. The second-order valence-corrected chi connectivity index (χ2v) is 5.05. The molecule has 1 aromatic carbocycles. The first-order valence-corrected chi connectivity index (χ1v) is 7.06. The molecule has 1 aromatic rings. The Bertz CT molecular complexity index is 466. The predicted octanol–water partition coefficient (Wildman–Crippen LogP) is 1.55. The van der Waals surface area contributed by atoms with Crippen LogP contribution in [0.25, 0.3) is 0 Å². The molecular weight excluding hydrogens is 304 g/mol. The molecule has 0 aliphatic carbocycles. The van der Waals surface area contributed by atoms with Gasteiger partial charge in [-0.25, -0.2) is 4.79 Å². The van der Waals surface area contributed by atoms with Crippen molar-refractivity contribution in [3.8, 4) is 11.5 Å². The van der Waals surface area contributed by atoms with Crippen LogP contribution in [0, 0.1) is 0 Å². The van der Waals surface area contributed by atoms with Gasteiger partial charge < -0.3 is 29.5 Å². The van der Waals surface area contributed by atoms with Gasteiger partial charge >= 0.3 is 5.97 Å². The molecule has 2 aliphatic rings. The van der Waals surface area contributed by atoms with Gasteiger partial charge in [-0.3, -0.25) is 0 Å². The zero-order valence-electron chi connectivity index (χ0n) is 13.0. The number of phenols is 2. The molecule has 0 amide bonds. The molecule has 0 spiro atoms. The van der Waals surface area contributed by atoms with Gasteiger partial charge in [0.2, 0.25) is 0 Å². The smallest absolute Gasteiger partial charge is 0.330 e. The normalized spacial score (nSPS) is 20.2. The number of carboxylic acids is 1. The molecule has 23 heavy (non-hydrogen) atoms. The first kappa shape index (κ1) is 19.0. The summed E-state index contributed by atoms with van der Waals surface area (Å²) < 4.78 is 15.1. The summed E-state index contributed by atoms with van der Waals surface area (Å²) in [7, 11) is 0. The molecular formula is C16H22O7. The molecule has 2 saturated heterocycles. The van der Waals surface area contributed by atoms with Gasteiger partial charge in [-0.15, -0.1) is 0 Å². The Hall–Kier alpha value is -2.09. The van der Waals surface area contributed by atoms with E-state index < -0.39 is 5.97 Å².